The predicted octanol–water partition coefficient (Wildman–Crippen LogP) is 1.53. The van der Waals surface area contributed by atoms with Crippen LogP contribution in [0.3, 0.4) is 0 Å². The Balaban J connectivity index is 2.14. The minimum Gasteiger partial charge on any atom is -0.345 e. The summed E-state index contributed by atoms with van der Waals surface area (Å²) in [6.07, 6.45) is 2.00. The number of benzene rings is 1. The van der Waals surface area contributed by atoms with E-state index in [0.29, 0.717) is 0 Å². The molecule has 0 spiro atoms. The average Bonchev–Trinajstić information content (AvgIpc) is 2.99. The standard InChI is InChI=1S/C13H18N2O/c1-12(2,14)11(16)15-13(8-9-13)10-6-4-3-5-7-10/h3-7H,8-9,14H2,1-2H3,(H,15,16). The number of carbonyl (C=O) groups is 1. The van der Waals surface area contributed by atoms with Gasteiger partial charge in [0.25, 0.3) is 0 Å². The molecule has 0 aromatic heterocycles. The lowest BCUT2D eigenvalue weighted by Gasteiger charge is -2.24. The van der Waals surface area contributed by atoms with Gasteiger partial charge >= 0.3 is 0 Å². The quantitative estimate of drug-likeness (QED) is 0.808. The van der Waals surface area contributed by atoms with Crippen molar-refractivity contribution in [2.24, 2.45) is 5.73 Å². The fraction of sp³-hybridized carbons (Fsp3) is 0.462. The fourth-order valence-corrected chi connectivity index (χ4v) is 1.75. The molecule has 2 rings (SSSR count). The van der Waals surface area contributed by atoms with Crippen LogP contribution >= 0.6 is 0 Å². The molecule has 3 heteroatoms. The van der Waals surface area contributed by atoms with Crippen LogP contribution in [0.25, 0.3) is 0 Å². The number of amides is 1. The Bertz CT molecular complexity index is 388. The summed E-state index contributed by atoms with van der Waals surface area (Å²) in [6.45, 7) is 3.45. The molecule has 0 atom stereocenters. The minimum absolute atomic E-state index is 0.0890. The van der Waals surface area contributed by atoms with Crippen molar-refractivity contribution < 1.29 is 4.79 Å². The van der Waals surface area contributed by atoms with E-state index in [-0.39, 0.29) is 11.4 Å². The van der Waals surface area contributed by atoms with Crippen molar-refractivity contribution >= 4 is 5.91 Å². The summed E-state index contributed by atoms with van der Waals surface area (Å²) in [6, 6.07) is 10.1. The van der Waals surface area contributed by atoms with Gasteiger partial charge in [0.1, 0.15) is 0 Å². The summed E-state index contributed by atoms with van der Waals surface area (Å²) in [5.74, 6) is -0.0890. The molecule has 3 nitrogen and oxygen atoms in total. The first-order valence-electron chi connectivity index (χ1n) is 5.61. The largest absolute Gasteiger partial charge is 0.345 e. The van der Waals surface area contributed by atoms with Crippen molar-refractivity contribution in [1.29, 1.82) is 0 Å². The number of hydrogen-bond donors (Lipinski definition) is 2. The number of carbonyl (C=O) groups excluding carboxylic acids is 1. The highest BCUT2D eigenvalue weighted by molar-refractivity contribution is 5.86. The van der Waals surface area contributed by atoms with Crippen LogP contribution in [-0.2, 0) is 10.3 Å². The van der Waals surface area contributed by atoms with Gasteiger partial charge in [-0.25, -0.2) is 0 Å². The third-order valence-electron chi connectivity index (χ3n) is 3.01. The second-order valence-electron chi connectivity index (χ2n) is 5.12. The Morgan fingerprint density at radius 3 is 2.31 bits per heavy atom. The molecule has 1 saturated carbocycles. The van der Waals surface area contributed by atoms with Crippen LogP contribution in [0.4, 0.5) is 0 Å². The normalized spacial score (nSPS) is 17.9. The van der Waals surface area contributed by atoms with Gasteiger partial charge in [0.15, 0.2) is 0 Å². The Labute approximate surface area is 96.0 Å². The smallest absolute Gasteiger partial charge is 0.240 e. The molecule has 1 amide bonds. The highest BCUT2D eigenvalue weighted by Gasteiger charge is 2.46. The molecular weight excluding hydrogens is 200 g/mol. The molecule has 0 bridgehead atoms. The Morgan fingerprint density at radius 1 is 1.31 bits per heavy atom. The number of hydrogen-bond acceptors (Lipinski definition) is 2. The number of rotatable bonds is 3. The molecule has 16 heavy (non-hydrogen) atoms. The molecule has 0 heterocycles. The lowest BCUT2D eigenvalue weighted by molar-refractivity contribution is -0.126. The molecular formula is C13H18N2O. The van der Waals surface area contributed by atoms with E-state index in [4.69, 9.17) is 5.73 Å². The summed E-state index contributed by atoms with van der Waals surface area (Å²) in [5.41, 5.74) is 5.98. The van der Waals surface area contributed by atoms with Gasteiger partial charge in [0.2, 0.25) is 5.91 Å². The molecule has 1 aliphatic carbocycles. The third-order valence-corrected chi connectivity index (χ3v) is 3.01. The Hall–Kier alpha value is -1.35. The fourth-order valence-electron chi connectivity index (χ4n) is 1.75. The number of nitrogens with one attached hydrogen (secondary N) is 1. The summed E-state index contributed by atoms with van der Waals surface area (Å²) in [5, 5.41) is 3.06. The lowest BCUT2D eigenvalue weighted by atomic mass is 10.0. The molecule has 1 aromatic carbocycles. The van der Waals surface area contributed by atoms with Gasteiger partial charge in [-0.3, -0.25) is 4.79 Å². The predicted molar refractivity (Wildman–Crippen MR) is 63.8 cm³/mol. The molecule has 1 fully saturated rings. The van der Waals surface area contributed by atoms with Crippen LogP contribution in [0, 0.1) is 0 Å². The van der Waals surface area contributed by atoms with Crippen molar-refractivity contribution in [3.8, 4) is 0 Å². The molecule has 86 valence electrons. The first kappa shape index (κ1) is 11.1. The first-order chi connectivity index (χ1) is 7.44. The summed E-state index contributed by atoms with van der Waals surface area (Å²) >= 11 is 0. The maximum atomic E-state index is 11.9. The van der Waals surface area contributed by atoms with Crippen molar-refractivity contribution in [3.63, 3.8) is 0 Å². The Kier molecular flexibility index (Phi) is 2.50. The van der Waals surface area contributed by atoms with Gasteiger partial charge < -0.3 is 11.1 Å². The van der Waals surface area contributed by atoms with E-state index in [0.717, 1.165) is 12.8 Å². The minimum atomic E-state index is -0.815. The zero-order chi connectivity index (χ0) is 11.8. The number of nitrogens with two attached hydrogens (primary N) is 1. The van der Waals surface area contributed by atoms with Crippen molar-refractivity contribution in [2.75, 3.05) is 0 Å². The lowest BCUT2D eigenvalue weighted by Crippen LogP contribution is -2.52. The topological polar surface area (TPSA) is 55.1 Å². The zero-order valence-electron chi connectivity index (χ0n) is 9.79. The van der Waals surface area contributed by atoms with Gasteiger partial charge in [0, 0.05) is 0 Å². The van der Waals surface area contributed by atoms with Gasteiger partial charge in [-0.2, -0.15) is 0 Å². The van der Waals surface area contributed by atoms with Gasteiger partial charge in [-0.15, -0.1) is 0 Å². The van der Waals surface area contributed by atoms with Crippen LogP contribution in [0.15, 0.2) is 30.3 Å². The summed E-state index contributed by atoms with van der Waals surface area (Å²) in [4.78, 5) is 11.9. The van der Waals surface area contributed by atoms with E-state index < -0.39 is 5.54 Å². The van der Waals surface area contributed by atoms with E-state index in [9.17, 15) is 4.79 Å². The highest BCUT2D eigenvalue weighted by Crippen LogP contribution is 2.45. The van der Waals surface area contributed by atoms with Crippen LogP contribution in [0.1, 0.15) is 32.3 Å². The molecule has 1 aromatic rings. The molecule has 3 N–H and O–H groups in total. The van der Waals surface area contributed by atoms with E-state index in [1.54, 1.807) is 13.8 Å². The van der Waals surface area contributed by atoms with Crippen LogP contribution < -0.4 is 11.1 Å². The van der Waals surface area contributed by atoms with Gasteiger partial charge in [-0.05, 0) is 32.3 Å². The Morgan fingerprint density at radius 2 is 1.88 bits per heavy atom. The van der Waals surface area contributed by atoms with Crippen LogP contribution in [-0.4, -0.2) is 11.4 Å². The third kappa shape index (κ3) is 2.09. The molecule has 1 aliphatic rings. The van der Waals surface area contributed by atoms with Gasteiger partial charge in [0.05, 0.1) is 11.1 Å². The second kappa shape index (κ2) is 3.59. The highest BCUT2D eigenvalue weighted by atomic mass is 16.2. The van der Waals surface area contributed by atoms with Crippen molar-refractivity contribution in [2.45, 2.75) is 37.8 Å². The average molecular weight is 218 g/mol. The van der Waals surface area contributed by atoms with E-state index in [2.05, 4.69) is 17.4 Å². The second-order valence-corrected chi connectivity index (χ2v) is 5.12. The SMILES string of the molecule is CC(C)(N)C(=O)NC1(c2ccccc2)CC1. The monoisotopic (exact) mass is 218 g/mol. The maximum absolute atomic E-state index is 11.9. The van der Waals surface area contributed by atoms with E-state index in [1.807, 2.05) is 18.2 Å². The van der Waals surface area contributed by atoms with Crippen LogP contribution in [0.5, 0.6) is 0 Å². The zero-order valence-corrected chi connectivity index (χ0v) is 9.79. The van der Waals surface area contributed by atoms with Crippen LogP contribution in [0.2, 0.25) is 0 Å². The maximum Gasteiger partial charge on any atom is 0.240 e. The molecule has 0 saturated heterocycles. The summed E-state index contributed by atoms with van der Waals surface area (Å²) in [7, 11) is 0. The van der Waals surface area contributed by atoms with Gasteiger partial charge in [-0.1, -0.05) is 30.3 Å². The molecule has 0 unspecified atom stereocenters. The molecule has 0 radical (unpaired) electrons. The molecule has 0 aliphatic heterocycles. The van der Waals surface area contributed by atoms with E-state index in [1.165, 1.54) is 5.56 Å². The van der Waals surface area contributed by atoms with Crippen molar-refractivity contribution in [3.05, 3.63) is 35.9 Å². The van der Waals surface area contributed by atoms with Crippen molar-refractivity contribution in [1.82, 2.24) is 5.32 Å². The summed E-state index contributed by atoms with van der Waals surface area (Å²) < 4.78 is 0. The first-order valence-corrected chi connectivity index (χ1v) is 5.61. The van der Waals surface area contributed by atoms with E-state index >= 15 is 0 Å².